The minimum Gasteiger partial charge on any atom is -0.108 e. The molecular formula is C10H18S2. The van der Waals surface area contributed by atoms with Gasteiger partial charge >= 0.3 is 0 Å². The molecule has 0 aliphatic carbocycles. The van der Waals surface area contributed by atoms with Gasteiger partial charge in [-0.3, -0.25) is 0 Å². The summed E-state index contributed by atoms with van der Waals surface area (Å²) in [5.41, 5.74) is 0. The van der Waals surface area contributed by atoms with Crippen molar-refractivity contribution in [2.45, 2.75) is 45.3 Å². The predicted octanol–water partition coefficient (Wildman–Crippen LogP) is 4.20. The van der Waals surface area contributed by atoms with Crippen molar-refractivity contribution in [1.29, 1.82) is 0 Å². The number of hydrogen-bond donors (Lipinski definition) is 0. The van der Waals surface area contributed by atoms with Crippen molar-refractivity contribution in [3.63, 3.8) is 0 Å². The average Bonchev–Trinajstić information content (AvgIpc) is 2.00. The molecule has 0 aromatic heterocycles. The summed E-state index contributed by atoms with van der Waals surface area (Å²) in [5.74, 6) is 0. The third-order valence-corrected chi connectivity index (χ3v) is 3.14. The number of hydrogen-bond acceptors (Lipinski definition) is 2. The summed E-state index contributed by atoms with van der Waals surface area (Å²) in [4.78, 5) is 0. The summed E-state index contributed by atoms with van der Waals surface area (Å²) in [5, 5.41) is 0. The van der Waals surface area contributed by atoms with E-state index in [9.17, 15) is 0 Å². The normalized spacial score (nSPS) is 12.3. The third kappa shape index (κ3) is 5.78. The first-order valence-corrected chi connectivity index (χ1v) is 5.64. The third-order valence-electron chi connectivity index (χ3n) is 1.42. The Balaban J connectivity index is 4.03. The van der Waals surface area contributed by atoms with Gasteiger partial charge in [-0.15, -0.1) is 11.8 Å². The van der Waals surface area contributed by atoms with E-state index in [4.69, 9.17) is 12.2 Å². The highest BCUT2D eigenvalue weighted by atomic mass is 32.2. The Hall–Kier alpha value is 0.180. The molecule has 0 saturated carbocycles. The summed E-state index contributed by atoms with van der Waals surface area (Å²) < 4.78 is 1.27. The van der Waals surface area contributed by atoms with Crippen LogP contribution in [-0.2, 0) is 0 Å². The highest BCUT2D eigenvalue weighted by molar-refractivity contribution is 8.24. The van der Waals surface area contributed by atoms with Gasteiger partial charge in [-0.25, -0.2) is 0 Å². The summed E-state index contributed by atoms with van der Waals surface area (Å²) in [6.45, 7) is 8.65. The molecule has 0 amide bonds. The molecule has 12 heavy (non-hydrogen) atoms. The van der Waals surface area contributed by atoms with E-state index >= 15 is 0 Å². The van der Waals surface area contributed by atoms with Crippen LogP contribution in [0.3, 0.4) is 0 Å². The van der Waals surface area contributed by atoms with Crippen LogP contribution in [0.4, 0.5) is 0 Å². The van der Waals surface area contributed by atoms with Gasteiger partial charge in [-0.05, 0) is 26.7 Å². The number of allylic oxidation sites excluding steroid dienone is 1. The maximum atomic E-state index is 5.18. The Bertz CT molecular complexity index is 169. The molecule has 0 radical (unpaired) electrons. The van der Waals surface area contributed by atoms with Crippen molar-refractivity contribution >= 4 is 28.2 Å². The minimum atomic E-state index is 0.170. The zero-order valence-corrected chi connectivity index (χ0v) is 10.0. The van der Waals surface area contributed by atoms with E-state index in [-0.39, 0.29) is 4.75 Å². The molecule has 0 fully saturated rings. The van der Waals surface area contributed by atoms with Crippen LogP contribution >= 0.6 is 24.0 Å². The summed E-state index contributed by atoms with van der Waals surface area (Å²) in [6.07, 6.45) is 6.52. The molecule has 0 unspecified atom stereocenters. The molecule has 0 nitrogen and oxygen atoms in total. The van der Waals surface area contributed by atoms with E-state index in [2.05, 4.69) is 39.8 Å². The Morgan fingerprint density at radius 3 is 2.42 bits per heavy atom. The first-order chi connectivity index (χ1) is 5.52. The van der Waals surface area contributed by atoms with E-state index in [1.807, 2.05) is 0 Å². The number of thiocarbonyl (C=S) groups is 1. The van der Waals surface area contributed by atoms with Gasteiger partial charge in [0.1, 0.15) is 0 Å². The van der Waals surface area contributed by atoms with Crippen LogP contribution in [0.2, 0.25) is 0 Å². The van der Waals surface area contributed by atoms with Crippen LogP contribution in [0.5, 0.6) is 0 Å². The Labute approximate surface area is 85.8 Å². The van der Waals surface area contributed by atoms with E-state index in [0.29, 0.717) is 0 Å². The Morgan fingerprint density at radius 2 is 2.00 bits per heavy atom. The molecule has 0 aromatic carbocycles. The molecule has 0 bridgehead atoms. The minimum absolute atomic E-state index is 0.170. The van der Waals surface area contributed by atoms with Crippen molar-refractivity contribution in [2.75, 3.05) is 0 Å². The maximum Gasteiger partial charge on any atom is 0.0484 e. The van der Waals surface area contributed by atoms with Crippen LogP contribution in [0, 0.1) is 0 Å². The van der Waals surface area contributed by atoms with Gasteiger partial charge in [0.15, 0.2) is 0 Å². The SMILES string of the molecule is CCC=CC(C)(C)SC(=S)CC. The van der Waals surface area contributed by atoms with Crippen LogP contribution in [0.15, 0.2) is 12.2 Å². The predicted molar refractivity (Wildman–Crippen MR) is 64.0 cm³/mol. The molecule has 0 N–H and O–H groups in total. The van der Waals surface area contributed by atoms with E-state index < -0.39 is 0 Å². The van der Waals surface area contributed by atoms with E-state index in [1.165, 1.54) is 0 Å². The zero-order chi connectivity index (χ0) is 9.61. The zero-order valence-electron chi connectivity index (χ0n) is 8.39. The van der Waals surface area contributed by atoms with Crippen LogP contribution in [0.25, 0.3) is 0 Å². The molecule has 0 spiro atoms. The van der Waals surface area contributed by atoms with Crippen LogP contribution < -0.4 is 0 Å². The lowest BCUT2D eigenvalue weighted by Crippen LogP contribution is -2.12. The molecule has 0 aliphatic heterocycles. The number of thioether (sulfide) groups is 1. The van der Waals surface area contributed by atoms with Gasteiger partial charge in [0.05, 0.1) is 0 Å². The highest BCUT2D eigenvalue weighted by Crippen LogP contribution is 2.28. The van der Waals surface area contributed by atoms with Crippen LogP contribution in [0.1, 0.15) is 40.5 Å². The standard InChI is InChI=1S/C10H18S2/c1-5-7-8-10(3,4)12-9(11)6-2/h7-8H,5-6H2,1-4H3. The topological polar surface area (TPSA) is 0 Å². The lowest BCUT2D eigenvalue weighted by molar-refractivity contribution is 0.897. The summed E-state index contributed by atoms with van der Waals surface area (Å²) in [6, 6.07) is 0. The summed E-state index contributed by atoms with van der Waals surface area (Å²) >= 11 is 6.97. The average molecular weight is 202 g/mol. The monoisotopic (exact) mass is 202 g/mol. The van der Waals surface area contributed by atoms with Gasteiger partial charge < -0.3 is 0 Å². The number of rotatable bonds is 4. The maximum absolute atomic E-state index is 5.18. The van der Waals surface area contributed by atoms with Crippen molar-refractivity contribution < 1.29 is 0 Å². The van der Waals surface area contributed by atoms with Gasteiger partial charge in [0, 0.05) is 8.94 Å². The Morgan fingerprint density at radius 1 is 1.42 bits per heavy atom. The molecule has 0 saturated heterocycles. The molecule has 2 heteroatoms. The van der Waals surface area contributed by atoms with Gasteiger partial charge in [-0.1, -0.05) is 38.2 Å². The fourth-order valence-corrected chi connectivity index (χ4v) is 2.34. The molecule has 0 aliphatic rings. The summed E-state index contributed by atoms with van der Waals surface area (Å²) in [7, 11) is 0. The van der Waals surface area contributed by atoms with Crippen LogP contribution in [-0.4, -0.2) is 8.94 Å². The van der Waals surface area contributed by atoms with Gasteiger partial charge in [0.2, 0.25) is 0 Å². The second kappa shape index (κ2) is 5.76. The smallest absolute Gasteiger partial charge is 0.0484 e. The molecule has 0 atom stereocenters. The van der Waals surface area contributed by atoms with Gasteiger partial charge in [0.25, 0.3) is 0 Å². The van der Waals surface area contributed by atoms with E-state index in [1.54, 1.807) is 11.8 Å². The van der Waals surface area contributed by atoms with Gasteiger partial charge in [-0.2, -0.15) is 0 Å². The second-order valence-electron chi connectivity index (χ2n) is 3.24. The molecule has 0 heterocycles. The van der Waals surface area contributed by atoms with Crippen molar-refractivity contribution in [3.05, 3.63) is 12.2 Å². The van der Waals surface area contributed by atoms with Crippen molar-refractivity contribution in [3.8, 4) is 0 Å². The molecule has 0 aromatic rings. The fraction of sp³-hybridized carbons (Fsp3) is 0.700. The fourth-order valence-electron chi connectivity index (χ4n) is 0.801. The lowest BCUT2D eigenvalue weighted by atomic mass is 10.2. The van der Waals surface area contributed by atoms with Crippen molar-refractivity contribution in [2.24, 2.45) is 0 Å². The first-order valence-electron chi connectivity index (χ1n) is 4.41. The largest absolute Gasteiger partial charge is 0.108 e. The first kappa shape index (κ1) is 12.2. The second-order valence-corrected chi connectivity index (χ2v) is 5.74. The quantitative estimate of drug-likeness (QED) is 0.495. The molecule has 0 rings (SSSR count). The molecular weight excluding hydrogens is 184 g/mol. The lowest BCUT2D eigenvalue weighted by Gasteiger charge is -2.19. The van der Waals surface area contributed by atoms with E-state index in [0.717, 1.165) is 17.0 Å². The van der Waals surface area contributed by atoms with Crippen molar-refractivity contribution in [1.82, 2.24) is 0 Å². The Kier molecular flexibility index (Phi) is 5.85. The molecule has 70 valence electrons. The highest BCUT2D eigenvalue weighted by Gasteiger charge is 2.15.